The second-order valence-electron chi connectivity index (χ2n) is 6.10. The van der Waals surface area contributed by atoms with Crippen LogP contribution in [0.2, 0.25) is 0 Å². The van der Waals surface area contributed by atoms with Gasteiger partial charge in [-0.3, -0.25) is 4.79 Å². The zero-order valence-electron chi connectivity index (χ0n) is 12.4. The average molecular weight is 269 g/mol. The first-order chi connectivity index (χ1) is 8.91. The predicted octanol–water partition coefficient (Wildman–Crippen LogP) is 2.96. The van der Waals surface area contributed by atoms with Crippen molar-refractivity contribution in [2.24, 2.45) is 11.8 Å². The standard InChI is InChI=1S/C15H27NO3/c1-4-5-6-12(3)13(17)16-15(14(18)19)9-7-11(2)8-10-15/h11-12H,4-10H2,1-3H3,(H,16,17)(H,18,19). The van der Waals surface area contributed by atoms with Gasteiger partial charge >= 0.3 is 5.97 Å². The summed E-state index contributed by atoms with van der Waals surface area (Å²) in [6, 6.07) is 0. The first kappa shape index (κ1) is 16.0. The monoisotopic (exact) mass is 269 g/mol. The molecule has 0 aromatic heterocycles. The number of nitrogens with one attached hydrogen (secondary N) is 1. The molecule has 0 spiro atoms. The van der Waals surface area contributed by atoms with Gasteiger partial charge in [0.05, 0.1) is 0 Å². The molecule has 0 aliphatic heterocycles. The maximum atomic E-state index is 12.1. The lowest BCUT2D eigenvalue weighted by Crippen LogP contribution is -2.57. The summed E-state index contributed by atoms with van der Waals surface area (Å²) in [6.45, 7) is 6.11. The fraction of sp³-hybridized carbons (Fsp3) is 0.867. The predicted molar refractivity (Wildman–Crippen MR) is 74.8 cm³/mol. The fourth-order valence-electron chi connectivity index (χ4n) is 2.65. The van der Waals surface area contributed by atoms with Gasteiger partial charge in [-0.1, -0.05) is 33.6 Å². The molecule has 0 radical (unpaired) electrons. The maximum absolute atomic E-state index is 12.1. The molecule has 0 aromatic carbocycles. The lowest BCUT2D eigenvalue weighted by atomic mass is 9.77. The molecule has 4 heteroatoms. The van der Waals surface area contributed by atoms with E-state index in [1.165, 1.54) is 0 Å². The third-order valence-electron chi connectivity index (χ3n) is 4.34. The average Bonchev–Trinajstić information content (AvgIpc) is 2.38. The van der Waals surface area contributed by atoms with Crippen molar-refractivity contribution in [3.63, 3.8) is 0 Å². The Balaban J connectivity index is 2.63. The van der Waals surface area contributed by atoms with Crippen LogP contribution in [0, 0.1) is 11.8 Å². The Morgan fingerprint density at radius 3 is 2.42 bits per heavy atom. The van der Waals surface area contributed by atoms with Crippen LogP contribution in [-0.2, 0) is 9.59 Å². The van der Waals surface area contributed by atoms with Gasteiger partial charge in [0.25, 0.3) is 0 Å². The van der Waals surface area contributed by atoms with Crippen LogP contribution in [0.25, 0.3) is 0 Å². The van der Waals surface area contributed by atoms with Crippen LogP contribution >= 0.6 is 0 Å². The number of hydrogen-bond acceptors (Lipinski definition) is 2. The zero-order valence-corrected chi connectivity index (χ0v) is 12.4. The number of carboxylic acid groups (broad SMARTS) is 1. The Morgan fingerprint density at radius 2 is 1.95 bits per heavy atom. The quantitative estimate of drug-likeness (QED) is 0.779. The van der Waals surface area contributed by atoms with Crippen LogP contribution in [0.15, 0.2) is 0 Å². The van der Waals surface area contributed by atoms with Gasteiger partial charge in [0.15, 0.2) is 0 Å². The third kappa shape index (κ3) is 4.22. The number of carbonyl (C=O) groups is 2. The van der Waals surface area contributed by atoms with E-state index >= 15 is 0 Å². The molecule has 1 aliphatic carbocycles. The minimum Gasteiger partial charge on any atom is -0.480 e. The van der Waals surface area contributed by atoms with E-state index in [1.54, 1.807) is 0 Å². The molecule has 0 aromatic rings. The molecule has 0 bridgehead atoms. The summed E-state index contributed by atoms with van der Waals surface area (Å²) in [5.41, 5.74) is -1.02. The molecule has 2 N–H and O–H groups in total. The Bertz CT molecular complexity index is 319. The number of carboxylic acids is 1. The maximum Gasteiger partial charge on any atom is 0.329 e. The van der Waals surface area contributed by atoms with E-state index in [-0.39, 0.29) is 11.8 Å². The van der Waals surface area contributed by atoms with Crippen molar-refractivity contribution in [2.75, 3.05) is 0 Å². The van der Waals surface area contributed by atoms with Gasteiger partial charge in [0.1, 0.15) is 5.54 Å². The molecule has 0 heterocycles. The van der Waals surface area contributed by atoms with Gasteiger partial charge in [0.2, 0.25) is 5.91 Å². The number of aliphatic carboxylic acids is 1. The molecule has 0 saturated heterocycles. The molecule has 4 nitrogen and oxygen atoms in total. The number of unbranched alkanes of at least 4 members (excludes halogenated alkanes) is 1. The van der Waals surface area contributed by atoms with E-state index in [2.05, 4.69) is 19.2 Å². The Morgan fingerprint density at radius 1 is 1.37 bits per heavy atom. The lowest BCUT2D eigenvalue weighted by molar-refractivity contribution is -0.150. The highest BCUT2D eigenvalue weighted by molar-refractivity contribution is 5.88. The molecule has 1 amide bonds. The normalized spacial score (nSPS) is 28.7. The first-order valence-electron chi connectivity index (χ1n) is 7.46. The van der Waals surface area contributed by atoms with Crippen molar-refractivity contribution in [1.29, 1.82) is 0 Å². The van der Waals surface area contributed by atoms with Crippen LogP contribution in [0.4, 0.5) is 0 Å². The molecule has 1 fully saturated rings. The van der Waals surface area contributed by atoms with Crippen LogP contribution in [0.5, 0.6) is 0 Å². The SMILES string of the molecule is CCCCC(C)C(=O)NC1(C(=O)O)CCC(C)CC1. The summed E-state index contributed by atoms with van der Waals surface area (Å²) < 4.78 is 0. The number of carbonyl (C=O) groups excluding carboxylic acids is 1. The van der Waals surface area contributed by atoms with Gasteiger partial charge < -0.3 is 10.4 Å². The van der Waals surface area contributed by atoms with Gasteiger partial charge in [0, 0.05) is 5.92 Å². The minimum absolute atomic E-state index is 0.101. The highest BCUT2D eigenvalue weighted by Gasteiger charge is 2.42. The van der Waals surface area contributed by atoms with Crippen LogP contribution < -0.4 is 5.32 Å². The van der Waals surface area contributed by atoms with Crippen molar-refractivity contribution in [3.8, 4) is 0 Å². The van der Waals surface area contributed by atoms with Crippen LogP contribution in [-0.4, -0.2) is 22.5 Å². The summed E-state index contributed by atoms with van der Waals surface area (Å²) >= 11 is 0. The molecule has 1 atom stereocenters. The molecule has 1 saturated carbocycles. The summed E-state index contributed by atoms with van der Waals surface area (Å²) in [4.78, 5) is 23.7. The topological polar surface area (TPSA) is 66.4 Å². The van der Waals surface area contributed by atoms with E-state index in [9.17, 15) is 14.7 Å². The second-order valence-corrected chi connectivity index (χ2v) is 6.10. The summed E-state index contributed by atoms with van der Waals surface area (Å²) in [6.07, 6.45) is 5.73. The summed E-state index contributed by atoms with van der Waals surface area (Å²) in [5, 5.41) is 12.3. The van der Waals surface area contributed by atoms with Gasteiger partial charge in [-0.15, -0.1) is 0 Å². The van der Waals surface area contributed by atoms with Gasteiger partial charge in [-0.05, 0) is 38.0 Å². The number of hydrogen-bond donors (Lipinski definition) is 2. The summed E-state index contributed by atoms with van der Waals surface area (Å²) in [5.74, 6) is -0.529. The third-order valence-corrected chi connectivity index (χ3v) is 4.34. The van der Waals surface area contributed by atoms with Crippen LogP contribution in [0.3, 0.4) is 0 Å². The van der Waals surface area contributed by atoms with E-state index in [0.717, 1.165) is 32.1 Å². The van der Waals surface area contributed by atoms with Crippen molar-refractivity contribution < 1.29 is 14.7 Å². The van der Waals surface area contributed by atoms with Crippen molar-refractivity contribution >= 4 is 11.9 Å². The van der Waals surface area contributed by atoms with Gasteiger partial charge in [-0.25, -0.2) is 4.79 Å². The number of rotatable bonds is 6. The van der Waals surface area contributed by atoms with Crippen molar-refractivity contribution in [1.82, 2.24) is 5.32 Å². The molecular weight excluding hydrogens is 242 g/mol. The van der Waals surface area contributed by atoms with E-state index in [0.29, 0.717) is 18.8 Å². The highest BCUT2D eigenvalue weighted by Crippen LogP contribution is 2.32. The second kappa shape index (κ2) is 6.92. The largest absolute Gasteiger partial charge is 0.480 e. The first-order valence-corrected chi connectivity index (χ1v) is 7.46. The zero-order chi connectivity index (χ0) is 14.5. The summed E-state index contributed by atoms with van der Waals surface area (Å²) in [7, 11) is 0. The smallest absolute Gasteiger partial charge is 0.329 e. The molecule has 19 heavy (non-hydrogen) atoms. The Labute approximate surface area is 116 Å². The Kier molecular flexibility index (Phi) is 5.83. The van der Waals surface area contributed by atoms with E-state index < -0.39 is 11.5 Å². The minimum atomic E-state index is -1.02. The Hall–Kier alpha value is -1.06. The molecule has 110 valence electrons. The molecule has 1 rings (SSSR count). The van der Waals surface area contributed by atoms with Crippen molar-refractivity contribution in [3.05, 3.63) is 0 Å². The number of amides is 1. The molecule has 1 aliphatic rings. The van der Waals surface area contributed by atoms with Crippen LogP contribution in [0.1, 0.15) is 65.7 Å². The molecule has 1 unspecified atom stereocenters. The molecular formula is C15H27NO3. The highest BCUT2D eigenvalue weighted by atomic mass is 16.4. The van der Waals surface area contributed by atoms with E-state index in [1.807, 2.05) is 6.92 Å². The van der Waals surface area contributed by atoms with Gasteiger partial charge in [-0.2, -0.15) is 0 Å². The van der Waals surface area contributed by atoms with Crippen molar-refractivity contribution in [2.45, 2.75) is 71.3 Å². The fourth-order valence-corrected chi connectivity index (χ4v) is 2.65. The van der Waals surface area contributed by atoms with E-state index in [4.69, 9.17) is 0 Å². The lowest BCUT2D eigenvalue weighted by Gasteiger charge is -2.37.